The summed E-state index contributed by atoms with van der Waals surface area (Å²) in [6.45, 7) is 9.60. The summed E-state index contributed by atoms with van der Waals surface area (Å²) in [5.74, 6) is -0.869. The highest BCUT2D eigenvalue weighted by atomic mass is 16.6. The standard InChI is InChI=1S/C22H34N2O6/c1-6-28-19(25)16(2)23-14-10-13-18(24-21(27)30-22(3,4)5)20(26)29-15-17-11-8-7-9-12-17/h7-9,11-12,16,18,23H,6,10,13-15H2,1-5H3,(H,24,27). The van der Waals surface area contributed by atoms with Crippen molar-refractivity contribution in [3.63, 3.8) is 0 Å². The summed E-state index contributed by atoms with van der Waals surface area (Å²) in [7, 11) is 0. The summed E-state index contributed by atoms with van der Waals surface area (Å²) in [6.07, 6.45) is 0.178. The highest BCUT2D eigenvalue weighted by molar-refractivity contribution is 5.81. The normalized spacial score (nSPS) is 13.1. The number of rotatable bonds is 11. The Morgan fingerprint density at radius 1 is 1.03 bits per heavy atom. The molecule has 0 aliphatic rings. The maximum Gasteiger partial charge on any atom is 0.408 e. The van der Waals surface area contributed by atoms with Crippen LogP contribution in [0.1, 0.15) is 53.0 Å². The van der Waals surface area contributed by atoms with E-state index >= 15 is 0 Å². The molecule has 0 aliphatic carbocycles. The van der Waals surface area contributed by atoms with Gasteiger partial charge in [0.05, 0.1) is 6.61 Å². The van der Waals surface area contributed by atoms with Crippen molar-refractivity contribution in [2.45, 2.75) is 71.8 Å². The van der Waals surface area contributed by atoms with E-state index in [-0.39, 0.29) is 12.6 Å². The molecule has 0 heterocycles. The first-order valence-corrected chi connectivity index (χ1v) is 10.2. The maximum atomic E-state index is 12.6. The fraction of sp³-hybridized carbons (Fsp3) is 0.591. The number of carbonyl (C=O) groups is 3. The van der Waals surface area contributed by atoms with Gasteiger partial charge in [0, 0.05) is 0 Å². The largest absolute Gasteiger partial charge is 0.465 e. The Hall–Kier alpha value is -2.61. The molecular weight excluding hydrogens is 388 g/mol. The van der Waals surface area contributed by atoms with Gasteiger partial charge in [0.25, 0.3) is 0 Å². The first-order chi connectivity index (χ1) is 14.1. The average molecular weight is 423 g/mol. The lowest BCUT2D eigenvalue weighted by Crippen LogP contribution is -2.44. The highest BCUT2D eigenvalue weighted by Crippen LogP contribution is 2.09. The van der Waals surface area contributed by atoms with Crippen LogP contribution in [0.3, 0.4) is 0 Å². The van der Waals surface area contributed by atoms with Crippen LogP contribution in [0.15, 0.2) is 30.3 Å². The predicted molar refractivity (Wildman–Crippen MR) is 113 cm³/mol. The Balaban J connectivity index is 2.59. The van der Waals surface area contributed by atoms with Gasteiger partial charge in [-0.05, 0) is 59.6 Å². The molecule has 0 bridgehead atoms. The third-order valence-corrected chi connectivity index (χ3v) is 3.96. The Labute approximate surface area is 178 Å². The maximum absolute atomic E-state index is 12.6. The summed E-state index contributed by atoms with van der Waals surface area (Å²) in [5, 5.41) is 5.63. The van der Waals surface area contributed by atoms with Gasteiger partial charge < -0.3 is 24.8 Å². The molecule has 168 valence electrons. The first kappa shape index (κ1) is 25.4. The van der Waals surface area contributed by atoms with E-state index in [4.69, 9.17) is 14.2 Å². The Kier molecular flexibility index (Phi) is 10.9. The molecule has 0 saturated heterocycles. The van der Waals surface area contributed by atoms with Gasteiger partial charge in [-0.15, -0.1) is 0 Å². The number of hydrogen-bond donors (Lipinski definition) is 2. The fourth-order valence-corrected chi connectivity index (χ4v) is 2.50. The van der Waals surface area contributed by atoms with Crippen molar-refractivity contribution in [3.8, 4) is 0 Å². The van der Waals surface area contributed by atoms with Gasteiger partial charge >= 0.3 is 18.0 Å². The molecule has 0 radical (unpaired) electrons. The van der Waals surface area contributed by atoms with Crippen LogP contribution in [0, 0.1) is 0 Å². The zero-order chi connectivity index (χ0) is 22.6. The van der Waals surface area contributed by atoms with Crippen molar-refractivity contribution in [3.05, 3.63) is 35.9 Å². The third kappa shape index (κ3) is 10.8. The number of alkyl carbamates (subject to hydrolysis) is 1. The summed E-state index contributed by atoms with van der Waals surface area (Å²) in [5.41, 5.74) is 0.172. The zero-order valence-electron chi connectivity index (χ0n) is 18.5. The molecule has 30 heavy (non-hydrogen) atoms. The third-order valence-electron chi connectivity index (χ3n) is 3.96. The monoisotopic (exact) mass is 422 g/mol. The second-order valence-corrected chi connectivity index (χ2v) is 7.86. The molecule has 0 spiro atoms. The summed E-state index contributed by atoms with van der Waals surface area (Å²) < 4.78 is 15.6. The van der Waals surface area contributed by atoms with Crippen molar-refractivity contribution >= 4 is 18.0 Å². The van der Waals surface area contributed by atoms with Crippen LogP contribution >= 0.6 is 0 Å². The number of ether oxygens (including phenoxy) is 3. The topological polar surface area (TPSA) is 103 Å². The van der Waals surface area contributed by atoms with Gasteiger partial charge in [0.2, 0.25) is 0 Å². The van der Waals surface area contributed by atoms with Gasteiger partial charge in [0.1, 0.15) is 24.3 Å². The molecule has 0 fully saturated rings. The molecule has 8 nitrogen and oxygen atoms in total. The molecular formula is C22H34N2O6. The Morgan fingerprint density at radius 3 is 2.30 bits per heavy atom. The average Bonchev–Trinajstić information content (AvgIpc) is 2.67. The molecule has 0 aliphatic heterocycles. The van der Waals surface area contributed by atoms with Crippen LogP contribution in [0.4, 0.5) is 4.79 Å². The summed E-state index contributed by atoms with van der Waals surface area (Å²) >= 11 is 0. The van der Waals surface area contributed by atoms with Crippen LogP contribution in [0.5, 0.6) is 0 Å². The molecule has 2 atom stereocenters. The Bertz CT molecular complexity index is 672. The fourth-order valence-electron chi connectivity index (χ4n) is 2.50. The van der Waals surface area contributed by atoms with Crippen LogP contribution < -0.4 is 10.6 Å². The molecule has 2 unspecified atom stereocenters. The SMILES string of the molecule is CCOC(=O)C(C)NCCCC(NC(=O)OC(C)(C)C)C(=O)OCc1ccccc1. The van der Waals surface area contributed by atoms with Crippen LogP contribution in [0.2, 0.25) is 0 Å². The molecule has 1 amide bonds. The first-order valence-electron chi connectivity index (χ1n) is 10.2. The number of esters is 2. The van der Waals surface area contributed by atoms with Crippen molar-refractivity contribution < 1.29 is 28.6 Å². The van der Waals surface area contributed by atoms with Crippen LogP contribution in [-0.4, -0.2) is 48.9 Å². The minimum atomic E-state index is -0.858. The second kappa shape index (κ2) is 12.8. The number of hydrogen-bond acceptors (Lipinski definition) is 7. The minimum absolute atomic E-state index is 0.115. The lowest BCUT2D eigenvalue weighted by molar-refractivity contribution is -0.148. The van der Waals surface area contributed by atoms with Crippen LogP contribution in [0.25, 0.3) is 0 Å². The molecule has 8 heteroatoms. The van der Waals surface area contributed by atoms with Crippen molar-refractivity contribution in [2.24, 2.45) is 0 Å². The van der Waals surface area contributed by atoms with E-state index in [2.05, 4.69) is 10.6 Å². The Morgan fingerprint density at radius 2 is 1.70 bits per heavy atom. The molecule has 1 aromatic rings. The van der Waals surface area contributed by atoms with Gasteiger partial charge in [-0.1, -0.05) is 30.3 Å². The van der Waals surface area contributed by atoms with Gasteiger partial charge in [-0.3, -0.25) is 4.79 Å². The van der Waals surface area contributed by atoms with E-state index in [1.807, 2.05) is 30.3 Å². The quantitative estimate of drug-likeness (QED) is 0.321. The summed E-state index contributed by atoms with van der Waals surface area (Å²) in [4.78, 5) is 36.3. The smallest absolute Gasteiger partial charge is 0.408 e. The van der Waals surface area contributed by atoms with Crippen molar-refractivity contribution in [2.75, 3.05) is 13.2 Å². The number of carbonyl (C=O) groups excluding carboxylic acids is 3. The summed E-state index contributed by atoms with van der Waals surface area (Å²) in [6, 6.07) is 7.98. The molecule has 1 aromatic carbocycles. The van der Waals surface area contributed by atoms with Gasteiger partial charge in [0.15, 0.2) is 0 Å². The minimum Gasteiger partial charge on any atom is -0.465 e. The highest BCUT2D eigenvalue weighted by Gasteiger charge is 2.25. The number of nitrogens with one attached hydrogen (secondary N) is 2. The van der Waals surface area contributed by atoms with E-state index in [0.717, 1.165) is 5.56 Å². The van der Waals surface area contributed by atoms with Crippen LogP contribution in [-0.2, 0) is 30.4 Å². The molecule has 0 saturated carbocycles. The van der Waals surface area contributed by atoms with Gasteiger partial charge in [-0.25, -0.2) is 9.59 Å². The number of amides is 1. The van der Waals surface area contributed by atoms with E-state index in [9.17, 15) is 14.4 Å². The van der Waals surface area contributed by atoms with E-state index in [1.165, 1.54) is 0 Å². The molecule has 1 rings (SSSR count). The van der Waals surface area contributed by atoms with Gasteiger partial charge in [-0.2, -0.15) is 0 Å². The zero-order valence-corrected chi connectivity index (χ0v) is 18.5. The van der Waals surface area contributed by atoms with E-state index in [0.29, 0.717) is 26.0 Å². The lowest BCUT2D eigenvalue weighted by atomic mass is 10.1. The molecule has 0 aromatic heterocycles. The number of benzene rings is 1. The lowest BCUT2D eigenvalue weighted by Gasteiger charge is -2.23. The molecule has 2 N–H and O–H groups in total. The van der Waals surface area contributed by atoms with Crippen molar-refractivity contribution in [1.29, 1.82) is 0 Å². The van der Waals surface area contributed by atoms with E-state index < -0.39 is 29.7 Å². The van der Waals surface area contributed by atoms with Crippen molar-refractivity contribution in [1.82, 2.24) is 10.6 Å². The predicted octanol–water partition coefficient (Wildman–Crippen LogP) is 2.94. The van der Waals surface area contributed by atoms with E-state index in [1.54, 1.807) is 34.6 Å². The second-order valence-electron chi connectivity index (χ2n) is 7.86.